The van der Waals surface area contributed by atoms with E-state index >= 15 is 0 Å². The quantitative estimate of drug-likeness (QED) is 0.910. The monoisotopic (exact) mass is 253 g/mol. The number of pyridine rings is 1. The summed E-state index contributed by atoms with van der Waals surface area (Å²) in [7, 11) is 0. The summed E-state index contributed by atoms with van der Waals surface area (Å²) in [6, 6.07) is 11.1. The van der Waals surface area contributed by atoms with Crippen LogP contribution in [-0.4, -0.2) is 16.9 Å². The smallest absolute Gasteiger partial charge is 0.271 e. The molecule has 0 bridgehead atoms. The molecule has 4 heteroatoms. The lowest BCUT2D eigenvalue weighted by atomic mass is 10.1. The highest BCUT2D eigenvalue weighted by molar-refractivity contribution is 6.05. The zero-order valence-electron chi connectivity index (χ0n) is 10.8. The maximum Gasteiger partial charge on any atom is 0.271 e. The van der Waals surface area contributed by atoms with Gasteiger partial charge in [-0.3, -0.25) is 9.78 Å². The first-order valence-electron chi connectivity index (χ1n) is 6.30. The predicted molar refractivity (Wildman–Crippen MR) is 73.5 cm³/mol. The maximum absolute atomic E-state index is 12.2. The Balaban J connectivity index is 2.29. The molecule has 1 unspecified atom stereocenters. The summed E-state index contributed by atoms with van der Waals surface area (Å²) in [4.78, 5) is 16.3. The minimum atomic E-state index is -0.460. The second-order valence-electron chi connectivity index (χ2n) is 4.32. The molecule has 1 atom stereocenters. The second-order valence-corrected chi connectivity index (χ2v) is 4.32. The lowest BCUT2D eigenvalue weighted by Gasteiger charge is -2.11. The third-order valence-corrected chi connectivity index (χ3v) is 2.93. The number of fused-ring (bicyclic) bond motifs is 1. The van der Waals surface area contributed by atoms with E-state index in [2.05, 4.69) is 16.4 Å². The number of nitriles is 1. The Hall–Kier alpha value is -2.41. The third-order valence-electron chi connectivity index (χ3n) is 2.93. The fourth-order valence-corrected chi connectivity index (χ4v) is 1.98. The molecule has 1 aromatic carbocycles. The fourth-order valence-electron chi connectivity index (χ4n) is 1.98. The van der Waals surface area contributed by atoms with E-state index in [1.54, 1.807) is 6.20 Å². The molecule has 0 saturated carbocycles. The van der Waals surface area contributed by atoms with Gasteiger partial charge in [0.2, 0.25) is 0 Å². The number of hydrogen-bond acceptors (Lipinski definition) is 3. The van der Waals surface area contributed by atoms with Gasteiger partial charge in [0.15, 0.2) is 0 Å². The molecule has 1 amide bonds. The lowest BCUT2D eigenvalue weighted by Crippen LogP contribution is -2.34. The van der Waals surface area contributed by atoms with Crippen LogP contribution in [0.15, 0.2) is 36.5 Å². The van der Waals surface area contributed by atoms with Gasteiger partial charge in [0.1, 0.15) is 11.7 Å². The van der Waals surface area contributed by atoms with E-state index in [1.165, 1.54) is 0 Å². The highest BCUT2D eigenvalue weighted by atomic mass is 16.1. The minimum absolute atomic E-state index is 0.295. The number of hydrogen-bond donors (Lipinski definition) is 1. The lowest BCUT2D eigenvalue weighted by molar-refractivity contribution is 0.0941. The largest absolute Gasteiger partial charge is 0.335 e. The van der Waals surface area contributed by atoms with Crippen molar-refractivity contribution in [2.45, 2.75) is 25.8 Å². The Bertz CT molecular complexity index is 625. The van der Waals surface area contributed by atoms with Crippen LogP contribution in [0.4, 0.5) is 0 Å². The van der Waals surface area contributed by atoms with E-state index in [-0.39, 0.29) is 5.91 Å². The summed E-state index contributed by atoms with van der Waals surface area (Å²) in [5.74, 6) is -0.295. The van der Waals surface area contributed by atoms with Crippen molar-refractivity contribution in [3.8, 4) is 6.07 Å². The molecule has 1 heterocycles. The molecule has 96 valence electrons. The first kappa shape index (κ1) is 13.0. The van der Waals surface area contributed by atoms with Gasteiger partial charge >= 0.3 is 0 Å². The Morgan fingerprint density at radius 2 is 2.21 bits per heavy atom. The molecule has 0 aliphatic carbocycles. The van der Waals surface area contributed by atoms with Crippen molar-refractivity contribution in [3.63, 3.8) is 0 Å². The van der Waals surface area contributed by atoms with Crippen molar-refractivity contribution in [3.05, 3.63) is 42.2 Å². The van der Waals surface area contributed by atoms with Crippen LogP contribution in [0.3, 0.4) is 0 Å². The molecule has 0 radical (unpaired) electrons. The van der Waals surface area contributed by atoms with E-state index in [0.29, 0.717) is 12.1 Å². The van der Waals surface area contributed by atoms with Crippen molar-refractivity contribution in [1.82, 2.24) is 10.3 Å². The Morgan fingerprint density at radius 3 is 2.95 bits per heavy atom. The van der Waals surface area contributed by atoms with Crippen molar-refractivity contribution in [2.24, 2.45) is 0 Å². The van der Waals surface area contributed by atoms with Crippen molar-refractivity contribution in [2.75, 3.05) is 0 Å². The zero-order chi connectivity index (χ0) is 13.7. The van der Waals surface area contributed by atoms with E-state index in [4.69, 9.17) is 5.26 Å². The molecular weight excluding hydrogens is 238 g/mol. The summed E-state index contributed by atoms with van der Waals surface area (Å²) < 4.78 is 0. The molecule has 0 saturated heterocycles. The van der Waals surface area contributed by atoms with Gasteiger partial charge in [-0.25, -0.2) is 0 Å². The second kappa shape index (κ2) is 5.96. The van der Waals surface area contributed by atoms with Crippen LogP contribution in [0.25, 0.3) is 10.8 Å². The standard InChI is InChI=1S/C15H15N3O/c1-2-5-12(10-16)18-15(19)14-13-7-4-3-6-11(13)8-9-17-14/h3-4,6-9,12H,2,5H2,1H3,(H,18,19). The number of nitrogens with zero attached hydrogens (tertiary/aromatic N) is 2. The van der Waals surface area contributed by atoms with Gasteiger partial charge < -0.3 is 5.32 Å². The van der Waals surface area contributed by atoms with Gasteiger partial charge in [-0.1, -0.05) is 37.6 Å². The van der Waals surface area contributed by atoms with Crippen molar-refractivity contribution >= 4 is 16.7 Å². The van der Waals surface area contributed by atoms with Crippen LogP contribution in [0.5, 0.6) is 0 Å². The number of aromatic nitrogens is 1. The molecule has 1 N–H and O–H groups in total. The summed E-state index contributed by atoms with van der Waals surface area (Å²) in [6.45, 7) is 1.98. The molecule has 0 aliphatic heterocycles. The molecule has 0 aliphatic rings. The Labute approximate surface area is 112 Å². The average molecular weight is 253 g/mol. The molecule has 1 aromatic heterocycles. The number of rotatable bonds is 4. The molecule has 2 aromatic rings. The van der Waals surface area contributed by atoms with Crippen LogP contribution in [-0.2, 0) is 0 Å². The van der Waals surface area contributed by atoms with E-state index in [0.717, 1.165) is 17.2 Å². The maximum atomic E-state index is 12.2. The molecule has 4 nitrogen and oxygen atoms in total. The number of carbonyl (C=O) groups excluding carboxylic acids is 1. The minimum Gasteiger partial charge on any atom is -0.335 e. The van der Waals surface area contributed by atoms with Gasteiger partial charge in [-0.2, -0.15) is 5.26 Å². The van der Waals surface area contributed by atoms with Crippen LogP contribution >= 0.6 is 0 Å². The van der Waals surface area contributed by atoms with Gasteiger partial charge in [0.05, 0.1) is 6.07 Å². The molecule has 0 fully saturated rings. The summed E-state index contributed by atoms with van der Waals surface area (Å²) in [5.41, 5.74) is 0.370. The highest BCUT2D eigenvalue weighted by Crippen LogP contribution is 2.16. The summed E-state index contributed by atoms with van der Waals surface area (Å²) in [5, 5.41) is 13.5. The van der Waals surface area contributed by atoms with Crippen molar-refractivity contribution < 1.29 is 4.79 Å². The first-order valence-corrected chi connectivity index (χ1v) is 6.30. The third kappa shape index (κ3) is 2.89. The van der Waals surface area contributed by atoms with E-state index in [1.807, 2.05) is 37.3 Å². The van der Waals surface area contributed by atoms with E-state index in [9.17, 15) is 4.79 Å². The van der Waals surface area contributed by atoms with Gasteiger partial charge in [0, 0.05) is 11.6 Å². The Morgan fingerprint density at radius 1 is 1.42 bits per heavy atom. The topological polar surface area (TPSA) is 65.8 Å². The SMILES string of the molecule is CCCC(C#N)NC(=O)c1nccc2ccccc12. The highest BCUT2D eigenvalue weighted by Gasteiger charge is 2.15. The number of carbonyl (C=O) groups is 1. The Kier molecular flexibility index (Phi) is 4.09. The number of benzene rings is 1. The average Bonchev–Trinajstić information content (AvgIpc) is 2.46. The normalized spacial score (nSPS) is 11.8. The van der Waals surface area contributed by atoms with Crippen molar-refractivity contribution in [1.29, 1.82) is 5.26 Å². The van der Waals surface area contributed by atoms with Gasteiger partial charge in [0.25, 0.3) is 5.91 Å². The summed E-state index contributed by atoms with van der Waals surface area (Å²) >= 11 is 0. The van der Waals surface area contributed by atoms with Gasteiger partial charge in [-0.15, -0.1) is 0 Å². The fraction of sp³-hybridized carbons (Fsp3) is 0.267. The van der Waals surface area contributed by atoms with Crippen LogP contribution in [0, 0.1) is 11.3 Å². The first-order chi connectivity index (χ1) is 9.26. The number of nitrogens with one attached hydrogen (secondary N) is 1. The van der Waals surface area contributed by atoms with Crippen LogP contribution < -0.4 is 5.32 Å². The van der Waals surface area contributed by atoms with Gasteiger partial charge in [-0.05, 0) is 17.9 Å². The predicted octanol–water partition coefficient (Wildman–Crippen LogP) is 2.66. The molecular formula is C15H15N3O. The van der Waals surface area contributed by atoms with Crippen LogP contribution in [0.1, 0.15) is 30.3 Å². The van der Waals surface area contributed by atoms with Crippen LogP contribution in [0.2, 0.25) is 0 Å². The zero-order valence-corrected chi connectivity index (χ0v) is 10.8. The van der Waals surface area contributed by atoms with E-state index < -0.39 is 6.04 Å². The molecule has 2 rings (SSSR count). The molecule has 19 heavy (non-hydrogen) atoms. The molecule has 0 spiro atoms. The summed E-state index contributed by atoms with van der Waals surface area (Å²) in [6.07, 6.45) is 3.10. The number of amides is 1.